The van der Waals surface area contributed by atoms with Gasteiger partial charge in [-0.15, -0.1) is 0 Å². The van der Waals surface area contributed by atoms with E-state index in [9.17, 15) is 14.0 Å². The van der Waals surface area contributed by atoms with E-state index in [2.05, 4.69) is 5.32 Å². The summed E-state index contributed by atoms with van der Waals surface area (Å²) >= 11 is 0. The number of likely N-dealkylation sites (N-methyl/N-ethyl adjacent to an activating group) is 1. The minimum atomic E-state index is -0.650. The van der Waals surface area contributed by atoms with Crippen LogP contribution in [0.25, 0.3) is 0 Å². The van der Waals surface area contributed by atoms with Crippen LogP contribution in [0, 0.1) is 5.82 Å². The van der Waals surface area contributed by atoms with Gasteiger partial charge < -0.3 is 19.7 Å². The van der Waals surface area contributed by atoms with Crippen molar-refractivity contribution in [3.63, 3.8) is 0 Å². The molecule has 24 heavy (non-hydrogen) atoms. The van der Waals surface area contributed by atoms with Crippen molar-refractivity contribution >= 4 is 17.7 Å². The predicted molar refractivity (Wildman–Crippen MR) is 89.7 cm³/mol. The Bertz CT molecular complexity index is 597. The Kier molecular flexibility index (Phi) is 6.57. The number of nitrogens with zero attached hydrogens (tertiary/aromatic N) is 1. The molecule has 0 atom stereocenters. The molecule has 7 heteroatoms. The van der Waals surface area contributed by atoms with E-state index >= 15 is 0 Å². The zero-order valence-corrected chi connectivity index (χ0v) is 15.0. The summed E-state index contributed by atoms with van der Waals surface area (Å²) in [6.07, 6.45) is -0.744. The zero-order chi connectivity index (χ0) is 18.5. The highest BCUT2D eigenvalue weighted by Gasteiger charge is 2.21. The van der Waals surface area contributed by atoms with Crippen molar-refractivity contribution in [3.8, 4) is 5.75 Å². The molecule has 1 N–H and O–H groups in total. The molecule has 6 nitrogen and oxygen atoms in total. The lowest BCUT2D eigenvalue weighted by atomic mass is 10.2. The van der Waals surface area contributed by atoms with Crippen LogP contribution in [0.1, 0.15) is 34.6 Å². The van der Waals surface area contributed by atoms with Crippen LogP contribution in [-0.4, -0.2) is 42.2 Å². The number of anilines is 1. The minimum absolute atomic E-state index is 0.129. The number of benzene rings is 1. The molecular formula is C17H25FN2O4. The minimum Gasteiger partial charge on any atom is -0.489 e. The Morgan fingerprint density at radius 1 is 1.29 bits per heavy atom. The molecule has 0 spiro atoms. The molecule has 0 unspecified atom stereocenters. The monoisotopic (exact) mass is 340 g/mol. The van der Waals surface area contributed by atoms with Gasteiger partial charge in [0.05, 0.1) is 11.8 Å². The molecule has 0 radical (unpaired) electrons. The van der Waals surface area contributed by atoms with Gasteiger partial charge in [-0.1, -0.05) is 0 Å². The van der Waals surface area contributed by atoms with E-state index in [0.717, 1.165) is 4.90 Å². The molecule has 0 heterocycles. The van der Waals surface area contributed by atoms with Crippen molar-refractivity contribution < 1.29 is 23.5 Å². The van der Waals surface area contributed by atoms with Gasteiger partial charge in [-0.25, -0.2) is 9.18 Å². The van der Waals surface area contributed by atoms with Crippen LogP contribution >= 0.6 is 0 Å². The van der Waals surface area contributed by atoms with E-state index in [0.29, 0.717) is 5.75 Å². The fourth-order valence-electron chi connectivity index (χ4n) is 1.77. The number of ether oxygens (including phenoxy) is 2. The number of carbonyl (C=O) groups excluding carboxylic acids is 2. The lowest BCUT2D eigenvalue weighted by molar-refractivity contribution is -0.117. The third kappa shape index (κ3) is 6.85. The Morgan fingerprint density at radius 3 is 2.46 bits per heavy atom. The summed E-state index contributed by atoms with van der Waals surface area (Å²) < 4.78 is 24.1. The highest BCUT2D eigenvalue weighted by molar-refractivity contribution is 5.95. The number of hydrogen-bond donors (Lipinski definition) is 1. The zero-order valence-electron chi connectivity index (χ0n) is 15.0. The van der Waals surface area contributed by atoms with Crippen molar-refractivity contribution in [2.45, 2.75) is 46.3 Å². The Labute approximate surface area is 141 Å². The van der Waals surface area contributed by atoms with Gasteiger partial charge in [-0.3, -0.25) is 4.79 Å². The van der Waals surface area contributed by atoms with Crippen molar-refractivity contribution in [1.82, 2.24) is 4.90 Å². The molecule has 2 amide bonds. The molecule has 0 bridgehead atoms. The molecule has 0 saturated carbocycles. The average Bonchev–Trinajstić information content (AvgIpc) is 2.39. The second-order valence-electron chi connectivity index (χ2n) is 6.69. The van der Waals surface area contributed by atoms with E-state index in [1.54, 1.807) is 20.8 Å². The molecule has 0 aliphatic carbocycles. The normalized spacial score (nSPS) is 11.2. The number of amides is 2. The van der Waals surface area contributed by atoms with Crippen molar-refractivity contribution in [3.05, 3.63) is 24.0 Å². The van der Waals surface area contributed by atoms with Crippen molar-refractivity contribution in [2.75, 3.05) is 18.9 Å². The topological polar surface area (TPSA) is 67.9 Å². The maximum Gasteiger partial charge on any atom is 0.410 e. The molecule has 0 aliphatic rings. The van der Waals surface area contributed by atoms with E-state index in [4.69, 9.17) is 9.47 Å². The molecule has 0 fully saturated rings. The smallest absolute Gasteiger partial charge is 0.410 e. The first-order chi connectivity index (χ1) is 11.0. The van der Waals surface area contributed by atoms with Gasteiger partial charge in [0.1, 0.15) is 23.7 Å². The highest BCUT2D eigenvalue weighted by atomic mass is 19.1. The summed E-state index contributed by atoms with van der Waals surface area (Å²) in [6.45, 7) is 8.63. The molecule has 134 valence electrons. The number of halogens is 1. The maximum atomic E-state index is 13.4. The fourth-order valence-corrected chi connectivity index (χ4v) is 1.77. The Hall–Kier alpha value is -2.31. The highest BCUT2D eigenvalue weighted by Crippen LogP contribution is 2.26. The Morgan fingerprint density at radius 2 is 1.92 bits per heavy atom. The number of carbonyl (C=O) groups is 2. The molecule has 0 saturated heterocycles. The fraction of sp³-hybridized carbons (Fsp3) is 0.529. The number of nitrogens with one attached hydrogen (secondary N) is 1. The summed E-state index contributed by atoms with van der Waals surface area (Å²) in [6, 6.07) is 3.87. The first kappa shape index (κ1) is 19.7. The van der Waals surface area contributed by atoms with Crippen molar-refractivity contribution in [1.29, 1.82) is 0 Å². The van der Waals surface area contributed by atoms with Crippen LogP contribution in [0.5, 0.6) is 5.75 Å². The van der Waals surface area contributed by atoms with Crippen LogP contribution in [0.3, 0.4) is 0 Å². The van der Waals surface area contributed by atoms with Crippen LogP contribution in [0.4, 0.5) is 14.9 Å². The first-order valence-corrected chi connectivity index (χ1v) is 7.68. The molecule has 1 aromatic carbocycles. The van der Waals surface area contributed by atoms with Gasteiger partial charge in [0.2, 0.25) is 5.91 Å². The molecular weight excluding hydrogens is 315 g/mol. The number of rotatable bonds is 5. The second-order valence-corrected chi connectivity index (χ2v) is 6.69. The van der Waals surface area contributed by atoms with E-state index in [-0.39, 0.29) is 18.3 Å². The third-order valence-corrected chi connectivity index (χ3v) is 2.66. The van der Waals surface area contributed by atoms with Crippen LogP contribution in [0.2, 0.25) is 0 Å². The summed E-state index contributed by atoms with van der Waals surface area (Å²) in [5.74, 6) is -0.621. The summed E-state index contributed by atoms with van der Waals surface area (Å²) in [4.78, 5) is 25.1. The Balaban J connectivity index is 2.74. The van der Waals surface area contributed by atoms with Crippen molar-refractivity contribution in [2.24, 2.45) is 0 Å². The van der Waals surface area contributed by atoms with Crippen LogP contribution in [0.15, 0.2) is 18.2 Å². The van der Waals surface area contributed by atoms with Crippen LogP contribution in [-0.2, 0) is 9.53 Å². The quantitative estimate of drug-likeness (QED) is 0.892. The van der Waals surface area contributed by atoms with Gasteiger partial charge in [0.15, 0.2) is 0 Å². The number of hydrogen-bond acceptors (Lipinski definition) is 4. The lowest BCUT2D eigenvalue weighted by Gasteiger charge is -2.24. The van der Waals surface area contributed by atoms with Gasteiger partial charge >= 0.3 is 6.09 Å². The molecule has 1 rings (SSSR count). The SMILES string of the molecule is CC(C)Oc1ccc(F)cc1NC(=O)CN(C)C(=O)OC(C)(C)C. The first-order valence-electron chi connectivity index (χ1n) is 7.68. The third-order valence-electron chi connectivity index (χ3n) is 2.66. The van der Waals surface area contributed by atoms with Gasteiger partial charge in [-0.2, -0.15) is 0 Å². The predicted octanol–water partition coefficient (Wildman–Crippen LogP) is 3.42. The largest absolute Gasteiger partial charge is 0.489 e. The molecule has 1 aromatic rings. The van der Waals surface area contributed by atoms with E-state index < -0.39 is 23.4 Å². The summed E-state index contributed by atoms with van der Waals surface area (Å²) in [5, 5.41) is 2.55. The molecule has 0 aromatic heterocycles. The standard InChI is InChI=1S/C17H25FN2O4/c1-11(2)23-14-8-7-12(18)9-13(14)19-15(21)10-20(6)16(22)24-17(3,4)5/h7-9,11H,10H2,1-6H3,(H,19,21). The lowest BCUT2D eigenvalue weighted by Crippen LogP contribution is -2.38. The summed E-state index contributed by atoms with van der Waals surface area (Å²) in [5.41, 5.74) is -0.436. The van der Waals surface area contributed by atoms with E-state index in [1.165, 1.54) is 25.2 Å². The van der Waals surface area contributed by atoms with Crippen LogP contribution < -0.4 is 10.1 Å². The molecule has 0 aliphatic heterocycles. The van der Waals surface area contributed by atoms with E-state index in [1.807, 2.05) is 13.8 Å². The second kappa shape index (κ2) is 7.99. The van der Waals surface area contributed by atoms with Gasteiger partial charge in [0.25, 0.3) is 0 Å². The van der Waals surface area contributed by atoms with Gasteiger partial charge in [0, 0.05) is 13.1 Å². The van der Waals surface area contributed by atoms with Gasteiger partial charge in [-0.05, 0) is 46.8 Å². The summed E-state index contributed by atoms with van der Waals surface area (Å²) in [7, 11) is 1.45. The average molecular weight is 340 g/mol. The maximum absolute atomic E-state index is 13.4.